The Labute approximate surface area is 121 Å². The standard InChI is InChI=1S/C12H13Cl2NS2/c13-10-4-3-9(7-11(10)14)8-17-12(16)15-5-1-2-6-15/h3-4,7H,1-2,5-6,8H2. The van der Waals surface area contributed by atoms with Crippen LogP contribution in [0.3, 0.4) is 0 Å². The van der Waals surface area contributed by atoms with E-state index in [9.17, 15) is 0 Å². The van der Waals surface area contributed by atoms with E-state index < -0.39 is 0 Å². The summed E-state index contributed by atoms with van der Waals surface area (Å²) in [5.74, 6) is 0.853. The van der Waals surface area contributed by atoms with Gasteiger partial charge in [0, 0.05) is 18.8 Å². The number of likely N-dealkylation sites (tertiary alicyclic amines) is 1. The quantitative estimate of drug-likeness (QED) is 0.735. The summed E-state index contributed by atoms with van der Waals surface area (Å²) in [5, 5.41) is 1.21. The molecule has 2 rings (SSSR count). The number of rotatable bonds is 2. The van der Waals surface area contributed by atoms with Crippen molar-refractivity contribution in [2.24, 2.45) is 0 Å². The molecule has 1 heterocycles. The third-order valence-corrected chi connectivity index (χ3v) is 5.04. The van der Waals surface area contributed by atoms with Crippen molar-refractivity contribution in [1.29, 1.82) is 0 Å². The van der Waals surface area contributed by atoms with Crippen LogP contribution < -0.4 is 0 Å². The number of hydrogen-bond donors (Lipinski definition) is 0. The van der Waals surface area contributed by atoms with Crippen molar-refractivity contribution in [3.8, 4) is 0 Å². The zero-order chi connectivity index (χ0) is 12.3. The van der Waals surface area contributed by atoms with Gasteiger partial charge in [-0.15, -0.1) is 0 Å². The third-order valence-electron chi connectivity index (χ3n) is 2.71. The largest absolute Gasteiger partial charge is 0.358 e. The Balaban J connectivity index is 1.88. The van der Waals surface area contributed by atoms with Crippen molar-refractivity contribution in [2.45, 2.75) is 18.6 Å². The zero-order valence-corrected chi connectivity index (χ0v) is 12.4. The van der Waals surface area contributed by atoms with Gasteiger partial charge in [-0.1, -0.05) is 53.2 Å². The topological polar surface area (TPSA) is 3.24 Å². The molecule has 0 aromatic heterocycles. The van der Waals surface area contributed by atoms with E-state index in [1.54, 1.807) is 11.8 Å². The van der Waals surface area contributed by atoms with Gasteiger partial charge >= 0.3 is 0 Å². The molecule has 1 aliphatic heterocycles. The van der Waals surface area contributed by atoms with Crippen LogP contribution in [0.15, 0.2) is 18.2 Å². The fourth-order valence-electron chi connectivity index (χ4n) is 1.77. The summed E-state index contributed by atoms with van der Waals surface area (Å²) in [6.07, 6.45) is 2.51. The van der Waals surface area contributed by atoms with Crippen LogP contribution in [0.1, 0.15) is 18.4 Å². The maximum atomic E-state index is 5.97. The Morgan fingerprint density at radius 2 is 1.94 bits per heavy atom. The van der Waals surface area contributed by atoms with Gasteiger partial charge in [-0.2, -0.15) is 0 Å². The van der Waals surface area contributed by atoms with E-state index in [0.717, 1.165) is 28.7 Å². The van der Waals surface area contributed by atoms with Gasteiger partial charge in [-0.05, 0) is 30.5 Å². The maximum Gasteiger partial charge on any atom is 0.136 e. The smallest absolute Gasteiger partial charge is 0.136 e. The van der Waals surface area contributed by atoms with Gasteiger partial charge in [0.1, 0.15) is 4.32 Å². The van der Waals surface area contributed by atoms with Crippen molar-refractivity contribution in [1.82, 2.24) is 4.90 Å². The molecule has 0 amide bonds. The number of halogens is 2. The van der Waals surface area contributed by atoms with Gasteiger partial charge in [-0.25, -0.2) is 0 Å². The zero-order valence-electron chi connectivity index (χ0n) is 9.29. The molecule has 0 N–H and O–H groups in total. The van der Waals surface area contributed by atoms with Crippen molar-refractivity contribution >= 4 is 51.5 Å². The molecule has 0 atom stereocenters. The molecule has 1 nitrogen and oxygen atoms in total. The highest BCUT2D eigenvalue weighted by Crippen LogP contribution is 2.26. The average molecular weight is 306 g/mol. The minimum atomic E-state index is 0.600. The molecule has 0 bridgehead atoms. The summed E-state index contributed by atoms with van der Waals surface area (Å²) in [4.78, 5) is 2.28. The first-order valence-electron chi connectivity index (χ1n) is 5.52. The van der Waals surface area contributed by atoms with Crippen LogP contribution >= 0.6 is 47.2 Å². The SMILES string of the molecule is S=C(SCc1ccc(Cl)c(Cl)c1)N1CCCC1. The Morgan fingerprint density at radius 3 is 2.59 bits per heavy atom. The molecule has 5 heteroatoms. The first-order chi connectivity index (χ1) is 8.16. The van der Waals surface area contributed by atoms with E-state index in [-0.39, 0.29) is 0 Å². The van der Waals surface area contributed by atoms with Crippen LogP contribution in [0, 0.1) is 0 Å². The van der Waals surface area contributed by atoms with E-state index in [2.05, 4.69) is 4.90 Å². The minimum Gasteiger partial charge on any atom is -0.358 e. The van der Waals surface area contributed by atoms with Crippen molar-refractivity contribution in [3.05, 3.63) is 33.8 Å². The number of thioether (sulfide) groups is 1. The Bertz CT molecular complexity index is 417. The molecule has 1 aliphatic rings. The summed E-state index contributed by atoms with van der Waals surface area (Å²) in [6.45, 7) is 2.21. The molecule has 1 fully saturated rings. The lowest BCUT2D eigenvalue weighted by atomic mass is 10.2. The normalized spacial score (nSPS) is 15.3. The first kappa shape index (κ1) is 13.5. The van der Waals surface area contributed by atoms with Crippen LogP contribution in [-0.2, 0) is 5.75 Å². The minimum absolute atomic E-state index is 0.600. The van der Waals surface area contributed by atoms with Crippen molar-refractivity contribution < 1.29 is 0 Å². The van der Waals surface area contributed by atoms with Gasteiger partial charge in [0.05, 0.1) is 10.0 Å². The lowest BCUT2D eigenvalue weighted by Crippen LogP contribution is -2.23. The summed E-state index contributed by atoms with van der Waals surface area (Å²) in [6, 6.07) is 5.73. The van der Waals surface area contributed by atoms with E-state index in [0.29, 0.717) is 10.0 Å². The second-order valence-corrected chi connectivity index (χ2v) is 6.42. The number of nitrogens with zero attached hydrogens (tertiary/aromatic N) is 1. The molecule has 92 valence electrons. The highest BCUT2D eigenvalue weighted by Gasteiger charge is 2.14. The van der Waals surface area contributed by atoms with Crippen LogP contribution in [0.2, 0.25) is 10.0 Å². The Morgan fingerprint density at radius 1 is 1.24 bits per heavy atom. The molecule has 0 unspecified atom stereocenters. The number of benzene rings is 1. The average Bonchev–Trinajstić information content (AvgIpc) is 2.84. The first-order valence-corrected chi connectivity index (χ1v) is 7.67. The van der Waals surface area contributed by atoms with E-state index in [4.69, 9.17) is 35.4 Å². The second-order valence-electron chi connectivity index (χ2n) is 4.00. The fraction of sp³-hybridized carbons (Fsp3) is 0.417. The highest BCUT2D eigenvalue weighted by atomic mass is 35.5. The van der Waals surface area contributed by atoms with E-state index >= 15 is 0 Å². The summed E-state index contributed by atoms with van der Waals surface area (Å²) in [7, 11) is 0. The highest BCUT2D eigenvalue weighted by molar-refractivity contribution is 8.22. The van der Waals surface area contributed by atoms with Gasteiger partial charge in [0.2, 0.25) is 0 Å². The summed E-state index contributed by atoms with van der Waals surface area (Å²) < 4.78 is 0.994. The predicted molar refractivity (Wildman–Crippen MR) is 81.2 cm³/mol. The number of hydrogen-bond acceptors (Lipinski definition) is 2. The predicted octanol–water partition coefficient (Wildman–Crippen LogP) is 4.61. The monoisotopic (exact) mass is 305 g/mol. The number of thiocarbonyl (C=S) groups is 1. The van der Waals surface area contributed by atoms with E-state index in [1.165, 1.54) is 12.8 Å². The Hall–Kier alpha value is 0.0400. The van der Waals surface area contributed by atoms with Gasteiger partial charge < -0.3 is 4.90 Å². The van der Waals surface area contributed by atoms with Gasteiger partial charge in [-0.3, -0.25) is 0 Å². The molecule has 0 saturated carbocycles. The molecular formula is C12H13Cl2NS2. The van der Waals surface area contributed by atoms with Crippen LogP contribution in [-0.4, -0.2) is 22.3 Å². The van der Waals surface area contributed by atoms with Crippen molar-refractivity contribution in [3.63, 3.8) is 0 Å². The van der Waals surface area contributed by atoms with Crippen molar-refractivity contribution in [2.75, 3.05) is 13.1 Å². The molecule has 0 radical (unpaired) electrons. The van der Waals surface area contributed by atoms with Crippen LogP contribution in [0.25, 0.3) is 0 Å². The fourth-order valence-corrected chi connectivity index (χ4v) is 3.28. The maximum absolute atomic E-state index is 5.97. The lowest BCUT2D eigenvalue weighted by molar-refractivity contribution is 0.539. The molecule has 1 aromatic carbocycles. The second kappa shape index (κ2) is 6.28. The molecular weight excluding hydrogens is 293 g/mol. The molecule has 0 aliphatic carbocycles. The van der Waals surface area contributed by atoms with Crippen LogP contribution in [0.5, 0.6) is 0 Å². The van der Waals surface area contributed by atoms with Gasteiger partial charge in [0.15, 0.2) is 0 Å². The third kappa shape index (κ3) is 3.75. The summed E-state index contributed by atoms with van der Waals surface area (Å²) >= 11 is 18.9. The summed E-state index contributed by atoms with van der Waals surface area (Å²) in [5.41, 5.74) is 1.16. The molecule has 1 saturated heterocycles. The van der Waals surface area contributed by atoms with Crippen LogP contribution in [0.4, 0.5) is 0 Å². The lowest BCUT2D eigenvalue weighted by Gasteiger charge is -2.17. The van der Waals surface area contributed by atoms with E-state index in [1.807, 2.05) is 18.2 Å². The molecule has 17 heavy (non-hydrogen) atoms. The molecule has 0 spiro atoms. The molecule has 1 aromatic rings. The van der Waals surface area contributed by atoms with Gasteiger partial charge in [0.25, 0.3) is 0 Å². The Kier molecular flexibility index (Phi) is 4.97.